The van der Waals surface area contributed by atoms with Crippen molar-refractivity contribution in [1.82, 2.24) is 9.21 Å². The molecule has 1 unspecified atom stereocenters. The van der Waals surface area contributed by atoms with Crippen LogP contribution in [0, 0.1) is 6.92 Å². The van der Waals surface area contributed by atoms with E-state index in [1.165, 1.54) is 14.9 Å². The van der Waals surface area contributed by atoms with Crippen LogP contribution in [0.15, 0.2) is 47.4 Å². The first-order valence-electron chi connectivity index (χ1n) is 10.5. The summed E-state index contributed by atoms with van der Waals surface area (Å²) in [6.07, 6.45) is 1.73. The van der Waals surface area contributed by atoms with Crippen molar-refractivity contribution in [2.24, 2.45) is 0 Å². The van der Waals surface area contributed by atoms with Crippen LogP contribution in [0.1, 0.15) is 28.4 Å². The highest BCUT2D eigenvalue weighted by molar-refractivity contribution is 7.92. The molecule has 172 valence electrons. The molecule has 0 radical (unpaired) electrons. The third-order valence-electron chi connectivity index (χ3n) is 6.02. The average Bonchev–Trinajstić information content (AvgIpc) is 3.09. The first-order chi connectivity index (χ1) is 15.0. The topological polar surface area (TPSA) is 95.1 Å². The van der Waals surface area contributed by atoms with Crippen molar-refractivity contribution < 1.29 is 21.6 Å². The molecule has 32 heavy (non-hydrogen) atoms. The Morgan fingerprint density at radius 2 is 1.56 bits per heavy atom. The normalized spacial score (nSPS) is 19.8. The quantitative estimate of drug-likeness (QED) is 0.670. The van der Waals surface area contributed by atoms with Crippen LogP contribution in [-0.4, -0.2) is 70.4 Å². The Balaban J connectivity index is 1.47. The van der Waals surface area contributed by atoms with Crippen LogP contribution >= 0.6 is 0 Å². The zero-order valence-electron chi connectivity index (χ0n) is 18.4. The summed E-state index contributed by atoms with van der Waals surface area (Å²) in [7, 11) is -6.98. The number of aryl methyl sites for hydroxylation is 1. The summed E-state index contributed by atoms with van der Waals surface area (Å²) in [5, 5.41) is 0. The van der Waals surface area contributed by atoms with Crippen molar-refractivity contribution >= 4 is 31.6 Å². The molecule has 0 aromatic heterocycles. The van der Waals surface area contributed by atoms with E-state index in [4.69, 9.17) is 0 Å². The van der Waals surface area contributed by atoms with Gasteiger partial charge in [0.1, 0.15) is 0 Å². The molecule has 10 heteroatoms. The number of amides is 1. The Bertz CT molecular complexity index is 1250. The van der Waals surface area contributed by atoms with Crippen molar-refractivity contribution in [3.63, 3.8) is 0 Å². The van der Waals surface area contributed by atoms with Crippen LogP contribution in [-0.2, 0) is 26.5 Å². The summed E-state index contributed by atoms with van der Waals surface area (Å²) in [5.74, 6) is -0.175. The number of anilines is 1. The molecule has 1 saturated heterocycles. The number of hydrogen-bond acceptors (Lipinski definition) is 5. The standard InChI is InChI=1S/C22H27N3O5S2/c1-16-4-7-20(8-5-16)32(29,30)24-12-10-23(11-13-24)22(26)18-6-9-21-19(15-18)14-17(2)25(21)31(3,27)28/h4-9,15,17H,10-14H2,1-3H3. The van der Waals surface area contributed by atoms with Gasteiger partial charge >= 0.3 is 0 Å². The van der Waals surface area contributed by atoms with Gasteiger partial charge in [-0.05, 0) is 56.2 Å². The summed E-state index contributed by atoms with van der Waals surface area (Å²) in [4.78, 5) is 15.0. The number of nitrogens with zero attached hydrogens (tertiary/aromatic N) is 3. The maximum atomic E-state index is 13.0. The van der Waals surface area contributed by atoms with Crippen LogP contribution in [0.25, 0.3) is 0 Å². The molecule has 2 aromatic carbocycles. The van der Waals surface area contributed by atoms with Crippen LogP contribution in [0.3, 0.4) is 0 Å². The Kier molecular flexibility index (Phi) is 5.81. The van der Waals surface area contributed by atoms with Gasteiger partial charge in [-0.2, -0.15) is 4.31 Å². The smallest absolute Gasteiger partial charge is 0.253 e. The molecular formula is C22H27N3O5S2. The van der Waals surface area contributed by atoms with E-state index in [0.29, 0.717) is 30.8 Å². The van der Waals surface area contributed by atoms with Crippen molar-refractivity contribution in [3.8, 4) is 0 Å². The maximum absolute atomic E-state index is 13.0. The minimum Gasteiger partial charge on any atom is -0.336 e. The lowest BCUT2D eigenvalue weighted by Crippen LogP contribution is -2.50. The minimum absolute atomic E-state index is 0.175. The highest BCUT2D eigenvalue weighted by atomic mass is 32.2. The second-order valence-corrected chi connectivity index (χ2v) is 12.3. The van der Waals surface area contributed by atoms with E-state index >= 15 is 0 Å². The second-order valence-electron chi connectivity index (χ2n) is 8.46. The number of benzene rings is 2. The third-order valence-corrected chi connectivity index (χ3v) is 9.21. The molecule has 2 aliphatic heterocycles. The largest absolute Gasteiger partial charge is 0.336 e. The third kappa shape index (κ3) is 4.14. The number of piperazine rings is 1. The molecule has 2 aliphatic rings. The van der Waals surface area contributed by atoms with Crippen molar-refractivity contribution in [3.05, 3.63) is 59.2 Å². The lowest BCUT2D eigenvalue weighted by atomic mass is 10.1. The molecule has 4 rings (SSSR count). The Labute approximate surface area is 189 Å². The first kappa shape index (κ1) is 22.8. The van der Waals surface area contributed by atoms with Gasteiger partial charge in [-0.25, -0.2) is 16.8 Å². The van der Waals surface area contributed by atoms with E-state index in [1.54, 1.807) is 47.4 Å². The Morgan fingerprint density at radius 1 is 0.938 bits per heavy atom. The molecule has 1 atom stereocenters. The van der Waals surface area contributed by atoms with Crippen LogP contribution < -0.4 is 4.31 Å². The molecule has 0 N–H and O–H groups in total. The highest BCUT2D eigenvalue weighted by Crippen LogP contribution is 2.35. The summed E-state index contributed by atoms with van der Waals surface area (Å²) in [6.45, 7) is 4.80. The zero-order valence-corrected chi connectivity index (χ0v) is 20.0. The summed E-state index contributed by atoms with van der Waals surface area (Å²) >= 11 is 0. The van der Waals surface area contributed by atoms with Gasteiger partial charge in [0.25, 0.3) is 5.91 Å². The van der Waals surface area contributed by atoms with Crippen LogP contribution in [0.2, 0.25) is 0 Å². The zero-order chi connectivity index (χ0) is 23.3. The van der Waals surface area contributed by atoms with Gasteiger partial charge in [0, 0.05) is 37.8 Å². The van der Waals surface area contributed by atoms with Gasteiger partial charge < -0.3 is 4.90 Å². The number of sulfonamides is 2. The van der Waals surface area contributed by atoms with Crippen molar-refractivity contribution in [1.29, 1.82) is 0 Å². The first-order valence-corrected chi connectivity index (χ1v) is 13.8. The molecule has 1 amide bonds. The van der Waals surface area contributed by atoms with Crippen molar-refractivity contribution in [2.45, 2.75) is 31.2 Å². The van der Waals surface area contributed by atoms with Gasteiger partial charge in [0.2, 0.25) is 20.0 Å². The SMILES string of the molecule is Cc1ccc(S(=O)(=O)N2CCN(C(=O)c3ccc4c(c3)CC(C)N4S(C)(=O)=O)CC2)cc1. The Morgan fingerprint density at radius 3 is 2.16 bits per heavy atom. The van der Waals surface area contributed by atoms with E-state index in [9.17, 15) is 21.6 Å². The predicted molar refractivity (Wildman–Crippen MR) is 123 cm³/mol. The number of carbonyl (C=O) groups is 1. The summed E-state index contributed by atoms with van der Waals surface area (Å²) < 4.78 is 52.8. The molecule has 0 spiro atoms. The molecule has 2 aromatic rings. The van der Waals surface area contributed by atoms with Crippen LogP contribution in [0.4, 0.5) is 5.69 Å². The molecule has 0 bridgehead atoms. The number of hydrogen-bond donors (Lipinski definition) is 0. The molecule has 1 fully saturated rings. The lowest BCUT2D eigenvalue weighted by Gasteiger charge is -2.34. The fraction of sp³-hybridized carbons (Fsp3) is 0.409. The lowest BCUT2D eigenvalue weighted by molar-refractivity contribution is 0.0698. The number of carbonyl (C=O) groups excluding carboxylic acids is 1. The monoisotopic (exact) mass is 477 g/mol. The molecule has 0 aliphatic carbocycles. The Hall–Kier alpha value is -2.43. The fourth-order valence-corrected chi connectivity index (χ4v) is 7.10. The average molecular weight is 478 g/mol. The fourth-order valence-electron chi connectivity index (χ4n) is 4.41. The second kappa shape index (κ2) is 8.17. The molecular weight excluding hydrogens is 450 g/mol. The van der Waals surface area contributed by atoms with Gasteiger partial charge in [-0.15, -0.1) is 0 Å². The predicted octanol–water partition coefficient (Wildman–Crippen LogP) is 1.85. The summed E-state index contributed by atoms with van der Waals surface area (Å²) in [5.41, 5.74) is 2.92. The highest BCUT2D eigenvalue weighted by Gasteiger charge is 2.34. The molecule has 8 nitrogen and oxygen atoms in total. The minimum atomic E-state index is -3.59. The van der Waals surface area contributed by atoms with E-state index < -0.39 is 20.0 Å². The van der Waals surface area contributed by atoms with Gasteiger partial charge in [-0.3, -0.25) is 9.10 Å². The number of rotatable bonds is 4. The van der Waals surface area contributed by atoms with Gasteiger partial charge in [-0.1, -0.05) is 17.7 Å². The van der Waals surface area contributed by atoms with E-state index in [-0.39, 0.29) is 29.9 Å². The van der Waals surface area contributed by atoms with Gasteiger partial charge in [0.15, 0.2) is 0 Å². The molecule has 0 saturated carbocycles. The maximum Gasteiger partial charge on any atom is 0.253 e. The summed E-state index contributed by atoms with van der Waals surface area (Å²) in [6, 6.07) is 11.6. The van der Waals surface area contributed by atoms with E-state index in [1.807, 2.05) is 13.8 Å². The van der Waals surface area contributed by atoms with Crippen molar-refractivity contribution in [2.75, 3.05) is 36.7 Å². The molecule has 2 heterocycles. The number of fused-ring (bicyclic) bond motifs is 1. The van der Waals surface area contributed by atoms with Crippen LogP contribution in [0.5, 0.6) is 0 Å². The van der Waals surface area contributed by atoms with E-state index in [0.717, 1.165) is 11.1 Å². The van der Waals surface area contributed by atoms with E-state index in [2.05, 4.69) is 0 Å². The van der Waals surface area contributed by atoms with Gasteiger partial charge in [0.05, 0.1) is 16.8 Å².